The number of carboxylic acids is 1. The van der Waals surface area contributed by atoms with E-state index in [2.05, 4.69) is 62.5 Å². The van der Waals surface area contributed by atoms with Crippen LogP contribution in [-0.2, 0) is 14.3 Å². The zero-order valence-electron chi connectivity index (χ0n) is 32.5. The lowest BCUT2D eigenvalue weighted by Gasteiger charge is -2.18. The van der Waals surface area contributed by atoms with E-state index in [1.54, 1.807) is 0 Å². The van der Waals surface area contributed by atoms with Gasteiger partial charge in [0.25, 0.3) is 0 Å². The molecule has 0 aromatic rings. The van der Waals surface area contributed by atoms with E-state index in [1.807, 2.05) is 0 Å². The van der Waals surface area contributed by atoms with E-state index in [-0.39, 0.29) is 18.5 Å². The molecule has 0 aliphatic carbocycles. The minimum absolute atomic E-state index is 0.0342. The molecular formula is C45H80O4. The third-order valence-electron chi connectivity index (χ3n) is 9.32. The second-order valence-electron chi connectivity index (χ2n) is 14.2. The number of esters is 1. The molecular weight excluding hydrogens is 604 g/mol. The highest BCUT2D eigenvalue weighted by molar-refractivity contribution is 5.69. The van der Waals surface area contributed by atoms with Gasteiger partial charge in [-0.2, -0.15) is 0 Å². The highest BCUT2D eigenvalue weighted by atomic mass is 16.5. The molecule has 0 radical (unpaired) electrons. The van der Waals surface area contributed by atoms with E-state index in [0.29, 0.717) is 6.42 Å². The van der Waals surface area contributed by atoms with Gasteiger partial charge < -0.3 is 9.84 Å². The van der Waals surface area contributed by atoms with Crippen LogP contribution >= 0.6 is 0 Å². The minimum Gasteiger partial charge on any atom is -0.481 e. The van der Waals surface area contributed by atoms with Gasteiger partial charge in [0.15, 0.2) is 0 Å². The lowest BCUT2D eigenvalue weighted by atomic mass is 10.0. The summed E-state index contributed by atoms with van der Waals surface area (Å²) in [5.74, 6) is -0.739. The first-order valence-corrected chi connectivity index (χ1v) is 21.1. The number of carbonyl (C=O) groups is 2. The lowest BCUT2D eigenvalue weighted by molar-refractivity contribution is -0.150. The van der Waals surface area contributed by atoms with Gasteiger partial charge in [-0.25, -0.2) is 0 Å². The standard InChI is InChI=1S/C45H80O4/c1-3-5-7-9-11-13-15-17-19-21-22-24-26-28-31-35-39-43(40-36-32-30-33-37-41-44(46)47)49-45(48)42-38-34-29-27-25-23-20-18-16-14-12-10-8-6-4-2/h6,8,12,14,18,20,25,27,43H,3-5,7,9-11,13,15-17,19,21-24,26,28-42H2,1-2H3,(H,46,47)/b8-6-,14-12-,20-18-,27-25-. The molecule has 1 unspecified atom stereocenters. The molecule has 4 nitrogen and oxygen atoms in total. The van der Waals surface area contributed by atoms with Gasteiger partial charge in [0.1, 0.15) is 6.10 Å². The molecule has 1 atom stereocenters. The Balaban J connectivity index is 4.10. The smallest absolute Gasteiger partial charge is 0.306 e. The average molecular weight is 685 g/mol. The summed E-state index contributed by atoms with van der Waals surface area (Å²) in [5, 5.41) is 8.84. The van der Waals surface area contributed by atoms with Crippen LogP contribution in [0.4, 0.5) is 0 Å². The van der Waals surface area contributed by atoms with E-state index >= 15 is 0 Å². The van der Waals surface area contributed by atoms with Crippen LogP contribution in [0.5, 0.6) is 0 Å². The molecule has 0 aliphatic heterocycles. The van der Waals surface area contributed by atoms with Crippen molar-refractivity contribution in [2.75, 3.05) is 0 Å². The van der Waals surface area contributed by atoms with Gasteiger partial charge in [0, 0.05) is 12.8 Å². The van der Waals surface area contributed by atoms with Crippen LogP contribution in [0, 0.1) is 0 Å². The van der Waals surface area contributed by atoms with Gasteiger partial charge >= 0.3 is 11.9 Å². The second-order valence-corrected chi connectivity index (χ2v) is 14.2. The van der Waals surface area contributed by atoms with Gasteiger partial charge in [0.05, 0.1) is 0 Å². The number of carboxylic acid groups (broad SMARTS) is 1. The third-order valence-corrected chi connectivity index (χ3v) is 9.32. The molecule has 0 fully saturated rings. The summed E-state index contributed by atoms with van der Waals surface area (Å²) in [7, 11) is 0. The van der Waals surface area contributed by atoms with Crippen molar-refractivity contribution in [2.45, 2.75) is 225 Å². The molecule has 0 bridgehead atoms. The lowest BCUT2D eigenvalue weighted by Crippen LogP contribution is -2.18. The Hall–Kier alpha value is -2.10. The van der Waals surface area contributed by atoms with Crippen molar-refractivity contribution in [3.8, 4) is 0 Å². The van der Waals surface area contributed by atoms with Crippen molar-refractivity contribution in [1.82, 2.24) is 0 Å². The highest BCUT2D eigenvalue weighted by Crippen LogP contribution is 2.19. The van der Waals surface area contributed by atoms with Crippen molar-refractivity contribution in [1.29, 1.82) is 0 Å². The van der Waals surface area contributed by atoms with Gasteiger partial charge in [-0.05, 0) is 77.0 Å². The average Bonchev–Trinajstić information content (AvgIpc) is 3.09. The molecule has 0 aromatic heterocycles. The monoisotopic (exact) mass is 685 g/mol. The Morgan fingerprint density at radius 2 is 0.857 bits per heavy atom. The molecule has 0 heterocycles. The fourth-order valence-electron chi connectivity index (χ4n) is 6.23. The molecule has 4 heteroatoms. The van der Waals surface area contributed by atoms with E-state index < -0.39 is 5.97 Å². The fourth-order valence-corrected chi connectivity index (χ4v) is 6.23. The topological polar surface area (TPSA) is 63.6 Å². The Morgan fingerprint density at radius 3 is 1.31 bits per heavy atom. The van der Waals surface area contributed by atoms with Crippen molar-refractivity contribution in [2.24, 2.45) is 0 Å². The highest BCUT2D eigenvalue weighted by Gasteiger charge is 2.14. The van der Waals surface area contributed by atoms with Crippen LogP contribution in [0.2, 0.25) is 0 Å². The molecule has 49 heavy (non-hydrogen) atoms. The molecule has 0 aliphatic rings. The zero-order chi connectivity index (χ0) is 35.7. The molecule has 0 rings (SSSR count). The summed E-state index contributed by atoms with van der Waals surface area (Å²) in [6.07, 6.45) is 54.2. The molecule has 0 aromatic carbocycles. The molecule has 1 N–H and O–H groups in total. The van der Waals surface area contributed by atoms with Crippen molar-refractivity contribution in [3.05, 3.63) is 48.6 Å². The van der Waals surface area contributed by atoms with Crippen molar-refractivity contribution >= 4 is 11.9 Å². The van der Waals surface area contributed by atoms with Gasteiger partial charge in [0.2, 0.25) is 0 Å². The quantitative estimate of drug-likeness (QED) is 0.0399. The third kappa shape index (κ3) is 40.2. The predicted molar refractivity (Wildman–Crippen MR) is 213 cm³/mol. The number of hydrogen-bond donors (Lipinski definition) is 1. The Morgan fingerprint density at radius 1 is 0.469 bits per heavy atom. The first kappa shape index (κ1) is 46.9. The summed E-state index contributed by atoms with van der Waals surface area (Å²) in [6, 6.07) is 0. The number of allylic oxidation sites excluding steroid dienone is 8. The number of ether oxygens (including phenoxy) is 1. The summed E-state index contributed by atoms with van der Waals surface area (Å²) >= 11 is 0. The van der Waals surface area contributed by atoms with E-state index in [4.69, 9.17) is 9.84 Å². The number of carbonyl (C=O) groups excluding carboxylic acids is 1. The minimum atomic E-state index is -0.704. The van der Waals surface area contributed by atoms with E-state index in [9.17, 15) is 9.59 Å². The molecule has 0 amide bonds. The second kappa shape index (κ2) is 40.3. The normalized spacial score (nSPS) is 12.7. The van der Waals surface area contributed by atoms with Gasteiger partial charge in [-0.3, -0.25) is 9.59 Å². The zero-order valence-corrected chi connectivity index (χ0v) is 32.5. The van der Waals surface area contributed by atoms with E-state index in [0.717, 1.165) is 96.3 Å². The first-order chi connectivity index (χ1) is 24.1. The summed E-state index contributed by atoms with van der Waals surface area (Å²) in [6.45, 7) is 4.44. The van der Waals surface area contributed by atoms with Crippen molar-refractivity contribution < 1.29 is 19.4 Å². The van der Waals surface area contributed by atoms with E-state index in [1.165, 1.54) is 96.3 Å². The van der Waals surface area contributed by atoms with Gasteiger partial charge in [-0.15, -0.1) is 0 Å². The molecule has 0 saturated heterocycles. The summed E-state index contributed by atoms with van der Waals surface area (Å²) in [5.41, 5.74) is 0. The fraction of sp³-hybridized carbons (Fsp3) is 0.778. The molecule has 0 saturated carbocycles. The van der Waals surface area contributed by atoms with Crippen LogP contribution in [0.1, 0.15) is 219 Å². The Bertz CT molecular complexity index is 824. The summed E-state index contributed by atoms with van der Waals surface area (Å²) < 4.78 is 6.00. The number of unbranched alkanes of at least 4 members (excludes halogenated alkanes) is 21. The number of hydrogen-bond acceptors (Lipinski definition) is 3. The Labute approximate surface area is 304 Å². The Kier molecular flexibility index (Phi) is 38.6. The molecule has 284 valence electrons. The maximum Gasteiger partial charge on any atom is 0.306 e. The number of aliphatic carboxylic acids is 1. The van der Waals surface area contributed by atoms with Gasteiger partial charge in [-0.1, -0.05) is 178 Å². The van der Waals surface area contributed by atoms with Crippen LogP contribution in [0.15, 0.2) is 48.6 Å². The molecule has 0 spiro atoms. The van der Waals surface area contributed by atoms with Crippen LogP contribution < -0.4 is 0 Å². The summed E-state index contributed by atoms with van der Waals surface area (Å²) in [4.78, 5) is 23.4. The van der Waals surface area contributed by atoms with Crippen LogP contribution in [0.3, 0.4) is 0 Å². The van der Waals surface area contributed by atoms with Crippen LogP contribution in [-0.4, -0.2) is 23.1 Å². The largest absolute Gasteiger partial charge is 0.481 e. The first-order valence-electron chi connectivity index (χ1n) is 21.1. The van der Waals surface area contributed by atoms with Crippen molar-refractivity contribution in [3.63, 3.8) is 0 Å². The SMILES string of the molecule is CC/C=C\C/C=C\C/C=C\C/C=C\CCCCC(=O)OC(CCCCCCCCCCCCCCCCCC)CCCCCCCC(=O)O. The maximum atomic E-state index is 12.7. The maximum absolute atomic E-state index is 12.7. The number of rotatable bonds is 38. The van der Waals surface area contributed by atoms with Crippen LogP contribution in [0.25, 0.3) is 0 Å². The predicted octanol–water partition coefficient (Wildman–Crippen LogP) is 14.7.